The molecule has 0 fully saturated rings. The first-order valence-electron chi connectivity index (χ1n) is 4.23. The first-order chi connectivity index (χ1) is 6.52. The Labute approximate surface area is 98.2 Å². The Kier molecular flexibility index (Phi) is 3.74. The van der Waals surface area contributed by atoms with Gasteiger partial charge in [0.05, 0.1) is 22.9 Å². The zero-order chi connectivity index (χ0) is 10.7. The molecule has 0 unspecified atom stereocenters. The van der Waals surface area contributed by atoms with Gasteiger partial charge in [0.25, 0.3) is 5.91 Å². The van der Waals surface area contributed by atoms with Crippen LogP contribution in [-0.4, -0.2) is 32.0 Å². The largest absolute Gasteiger partial charge is 0.345 e. The highest BCUT2D eigenvalue weighted by Gasteiger charge is 2.07. The number of rotatable bonds is 2. The second kappa shape index (κ2) is 4.63. The Hall–Kier alpha value is -0.780. The second-order valence-electron chi connectivity index (χ2n) is 3.22. The Morgan fingerprint density at radius 3 is 2.00 bits per heavy atom. The van der Waals surface area contributed by atoms with Crippen LogP contribution >= 0.6 is 22.9 Å². The molecule has 0 saturated carbocycles. The molecule has 3 nitrogen and oxygen atoms in total. The normalized spacial score (nSPS) is 9.71. The van der Waals surface area contributed by atoms with E-state index in [4.69, 9.17) is 0 Å². The lowest BCUT2D eigenvalue weighted by molar-refractivity contribution is 0.0827. The summed E-state index contributed by atoms with van der Waals surface area (Å²) < 4.78 is 1.97. The van der Waals surface area contributed by atoms with E-state index in [1.807, 2.05) is 34.4 Å². The Bertz CT molecular complexity index is 319. The molecule has 0 aliphatic carbocycles. The minimum Gasteiger partial charge on any atom is -0.345 e. The van der Waals surface area contributed by atoms with Crippen molar-refractivity contribution in [3.8, 4) is 0 Å². The molecule has 0 N–H and O–H groups in total. The van der Waals surface area contributed by atoms with Gasteiger partial charge in [-0.2, -0.15) is 0 Å². The van der Waals surface area contributed by atoms with Crippen LogP contribution in [0.5, 0.6) is 0 Å². The van der Waals surface area contributed by atoms with Gasteiger partial charge in [0, 0.05) is 32.4 Å². The summed E-state index contributed by atoms with van der Waals surface area (Å²) in [6.45, 7) is 0. The highest BCUT2D eigenvalue weighted by atomic mass is 127. The molecule has 0 bridgehead atoms. The number of nitrogens with zero attached hydrogens (tertiary/aromatic N) is 2. The van der Waals surface area contributed by atoms with Gasteiger partial charge in [0.1, 0.15) is 0 Å². The lowest BCUT2D eigenvalue weighted by Gasteiger charge is -2.12. The SMILES string of the molecule is CN(C)C(=O)c1ccc(N(C)I)cc1. The number of hydrogen-bond donors (Lipinski definition) is 0. The molecule has 1 aromatic rings. The van der Waals surface area contributed by atoms with E-state index in [2.05, 4.69) is 22.9 Å². The number of carbonyl (C=O) groups excluding carboxylic acids is 1. The van der Waals surface area contributed by atoms with E-state index in [-0.39, 0.29) is 5.91 Å². The molecular weight excluding hydrogens is 291 g/mol. The Morgan fingerprint density at radius 2 is 1.64 bits per heavy atom. The average Bonchev–Trinajstić information content (AvgIpc) is 2.16. The van der Waals surface area contributed by atoms with E-state index in [1.165, 1.54) is 0 Å². The molecule has 0 radical (unpaired) electrons. The Balaban J connectivity index is 2.89. The van der Waals surface area contributed by atoms with Gasteiger partial charge in [0.2, 0.25) is 0 Å². The van der Waals surface area contributed by atoms with Crippen LogP contribution in [0.1, 0.15) is 10.4 Å². The van der Waals surface area contributed by atoms with Crippen molar-refractivity contribution in [2.45, 2.75) is 0 Å². The fourth-order valence-corrected chi connectivity index (χ4v) is 1.39. The van der Waals surface area contributed by atoms with Crippen molar-refractivity contribution < 1.29 is 4.79 Å². The summed E-state index contributed by atoms with van der Waals surface area (Å²) in [6, 6.07) is 7.55. The van der Waals surface area contributed by atoms with Crippen molar-refractivity contribution >= 4 is 34.5 Å². The van der Waals surface area contributed by atoms with Crippen molar-refractivity contribution in [2.75, 3.05) is 24.3 Å². The van der Waals surface area contributed by atoms with E-state index in [0.29, 0.717) is 0 Å². The zero-order valence-corrected chi connectivity index (χ0v) is 10.6. The van der Waals surface area contributed by atoms with Crippen LogP contribution in [0.25, 0.3) is 0 Å². The molecule has 0 aliphatic rings. The van der Waals surface area contributed by atoms with Crippen LogP contribution in [0.3, 0.4) is 0 Å². The summed E-state index contributed by atoms with van der Waals surface area (Å²) in [7, 11) is 5.46. The first-order valence-corrected chi connectivity index (χ1v) is 5.20. The molecule has 14 heavy (non-hydrogen) atoms. The summed E-state index contributed by atoms with van der Waals surface area (Å²) in [5.41, 5.74) is 1.80. The molecule has 76 valence electrons. The molecule has 0 spiro atoms. The van der Waals surface area contributed by atoms with Crippen LogP contribution in [0.2, 0.25) is 0 Å². The van der Waals surface area contributed by atoms with Gasteiger partial charge in [-0.15, -0.1) is 0 Å². The lowest BCUT2D eigenvalue weighted by atomic mass is 10.2. The molecule has 1 amide bonds. The number of carbonyl (C=O) groups is 1. The smallest absolute Gasteiger partial charge is 0.253 e. The molecule has 0 atom stereocenters. The van der Waals surface area contributed by atoms with Gasteiger partial charge in [-0.05, 0) is 24.3 Å². The average molecular weight is 304 g/mol. The fraction of sp³-hybridized carbons (Fsp3) is 0.300. The number of benzene rings is 1. The van der Waals surface area contributed by atoms with Crippen molar-refractivity contribution in [3.63, 3.8) is 0 Å². The minimum atomic E-state index is 0.0349. The predicted octanol–water partition coefficient (Wildman–Crippen LogP) is 2.17. The third-order valence-electron chi connectivity index (χ3n) is 1.88. The zero-order valence-electron chi connectivity index (χ0n) is 8.49. The molecule has 0 aliphatic heterocycles. The molecule has 1 rings (SSSR count). The predicted molar refractivity (Wildman–Crippen MR) is 66.9 cm³/mol. The Morgan fingerprint density at radius 1 is 1.14 bits per heavy atom. The lowest BCUT2D eigenvalue weighted by Crippen LogP contribution is -2.21. The van der Waals surface area contributed by atoms with Crippen LogP contribution in [0.15, 0.2) is 24.3 Å². The number of halogens is 1. The van der Waals surface area contributed by atoms with Crippen molar-refractivity contribution in [1.29, 1.82) is 0 Å². The third-order valence-corrected chi connectivity index (χ3v) is 2.43. The quantitative estimate of drug-likeness (QED) is 0.617. The van der Waals surface area contributed by atoms with Crippen LogP contribution < -0.4 is 3.11 Å². The molecule has 1 aromatic carbocycles. The minimum absolute atomic E-state index is 0.0349. The van der Waals surface area contributed by atoms with Gasteiger partial charge in [-0.1, -0.05) is 0 Å². The number of anilines is 1. The van der Waals surface area contributed by atoms with Crippen molar-refractivity contribution in [3.05, 3.63) is 29.8 Å². The first kappa shape index (κ1) is 11.3. The maximum Gasteiger partial charge on any atom is 0.253 e. The maximum atomic E-state index is 11.5. The highest BCUT2D eigenvalue weighted by molar-refractivity contribution is 14.1. The van der Waals surface area contributed by atoms with Gasteiger partial charge in [0.15, 0.2) is 0 Å². The molecular formula is C10H13IN2O. The van der Waals surface area contributed by atoms with Gasteiger partial charge in [-0.3, -0.25) is 4.79 Å². The summed E-state index contributed by atoms with van der Waals surface area (Å²) >= 11 is 2.19. The van der Waals surface area contributed by atoms with Gasteiger partial charge >= 0.3 is 0 Å². The number of hydrogen-bond acceptors (Lipinski definition) is 2. The van der Waals surface area contributed by atoms with Crippen molar-refractivity contribution in [1.82, 2.24) is 4.90 Å². The van der Waals surface area contributed by atoms with E-state index >= 15 is 0 Å². The monoisotopic (exact) mass is 304 g/mol. The molecule has 4 heteroatoms. The van der Waals surface area contributed by atoms with E-state index in [9.17, 15) is 4.79 Å². The van der Waals surface area contributed by atoms with Gasteiger partial charge < -0.3 is 8.01 Å². The summed E-state index contributed by atoms with van der Waals surface area (Å²) in [4.78, 5) is 13.1. The van der Waals surface area contributed by atoms with Gasteiger partial charge in [-0.25, -0.2) is 0 Å². The fourth-order valence-electron chi connectivity index (χ4n) is 1.07. The topological polar surface area (TPSA) is 23.6 Å². The molecule has 0 aromatic heterocycles. The highest BCUT2D eigenvalue weighted by Crippen LogP contribution is 2.17. The molecule has 0 heterocycles. The second-order valence-corrected chi connectivity index (χ2v) is 4.67. The maximum absolute atomic E-state index is 11.5. The standard InChI is InChI=1S/C10H13IN2O/c1-12(2)10(14)8-4-6-9(7-5-8)13(3)11/h4-7H,1-3H3. The van der Waals surface area contributed by atoms with Crippen molar-refractivity contribution in [2.24, 2.45) is 0 Å². The van der Waals surface area contributed by atoms with E-state index in [0.717, 1.165) is 11.3 Å². The summed E-state index contributed by atoms with van der Waals surface area (Å²) in [5.74, 6) is 0.0349. The van der Waals surface area contributed by atoms with E-state index in [1.54, 1.807) is 19.0 Å². The van der Waals surface area contributed by atoms with Crippen LogP contribution in [0.4, 0.5) is 5.69 Å². The van der Waals surface area contributed by atoms with E-state index < -0.39 is 0 Å². The third kappa shape index (κ3) is 2.60. The number of amides is 1. The summed E-state index contributed by atoms with van der Waals surface area (Å²) in [5, 5.41) is 0. The van der Waals surface area contributed by atoms with Crippen LogP contribution in [0, 0.1) is 0 Å². The summed E-state index contributed by atoms with van der Waals surface area (Å²) in [6.07, 6.45) is 0. The molecule has 0 saturated heterocycles. The van der Waals surface area contributed by atoms with Crippen LogP contribution in [-0.2, 0) is 0 Å².